The number of hydrogen-bond acceptors (Lipinski definition) is 4. The molecule has 0 saturated heterocycles. The summed E-state index contributed by atoms with van der Waals surface area (Å²) in [4.78, 5) is 16.3. The molecule has 1 N–H and O–H groups in total. The number of rotatable bonds is 9. The van der Waals surface area contributed by atoms with E-state index in [-0.39, 0.29) is 17.4 Å². The van der Waals surface area contributed by atoms with Gasteiger partial charge in [0.1, 0.15) is 11.5 Å². The maximum absolute atomic E-state index is 12.3. The molecule has 26 heavy (non-hydrogen) atoms. The molecule has 5 nitrogen and oxygen atoms in total. The maximum Gasteiger partial charge on any atom is 0.232 e. The summed E-state index contributed by atoms with van der Waals surface area (Å²) in [6, 6.07) is 8.06. The van der Waals surface area contributed by atoms with Crippen LogP contribution in [0, 0.1) is 12.8 Å². The summed E-state index contributed by atoms with van der Waals surface area (Å²) < 4.78 is 18.0. The van der Waals surface area contributed by atoms with Gasteiger partial charge >= 0.3 is 0 Å². The summed E-state index contributed by atoms with van der Waals surface area (Å²) in [5.74, 6) is 1.74. The molecule has 0 saturated carbocycles. The van der Waals surface area contributed by atoms with Crippen LogP contribution >= 0.6 is 0 Å². The lowest BCUT2D eigenvalue weighted by Gasteiger charge is -2.06. The van der Waals surface area contributed by atoms with Crippen molar-refractivity contribution < 1.29 is 13.4 Å². The van der Waals surface area contributed by atoms with E-state index in [1.165, 1.54) is 5.56 Å². The highest BCUT2D eigenvalue weighted by Gasteiger charge is 2.16. The van der Waals surface area contributed by atoms with Crippen molar-refractivity contribution in [3.63, 3.8) is 0 Å². The average Bonchev–Trinajstić information content (AvgIpc) is 2.95. The van der Waals surface area contributed by atoms with Crippen LogP contribution in [0.15, 0.2) is 28.7 Å². The zero-order valence-corrected chi connectivity index (χ0v) is 16.8. The molecular formula is C20H28N2O3S. The standard InChI is InChI=1S/C20H28N2O3S/c1-5-16-6-8-17(9-7-16)20-22-18(15(4)25-20)12-26(24)13-19(23)21-11-10-14(2)3/h6-9,14H,5,10-13H2,1-4H3,(H,21,23)/t26-/m1/s1. The molecule has 6 heteroatoms. The molecule has 0 fully saturated rings. The van der Waals surface area contributed by atoms with E-state index in [1.54, 1.807) is 0 Å². The highest BCUT2D eigenvalue weighted by atomic mass is 32.2. The molecule has 0 aliphatic rings. The van der Waals surface area contributed by atoms with E-state index in [0.717, 1.165) is 18.4 Å². The molecule has 0 unspecified atom stereocenters. The summed E-state index contributed by atoms with van der Waals surface area (Å²) in [6.45, 7) is 8.74. The van der Waals surface area contributed by atoms with Crippen molar-refractivity contribution in [3.8, 4) is 11.5 Å². The number of benzene rings is 1. The van der Waals surface area contributed by atoms with Crippen molar-refractivity contribution in [3.05, 3.63) is 41.3 Å². The van der Waals surface area contributed by atoms with Crippen molar-refractivity contribution in [1.82, 2.24) is 10.3 Å². The Balaban J connectivity index is 1.93. The van der Waals surface area contributed by atoms with Crippen LogP contribution in [-0.2, 0) is 27.8 Å². The third-order valence-corrected chi connectivity index (χ3v) is 5.32. The van der Waals surface area contributed by atoms with E-state index in [0.29, 0.717) is 29.8 Å². The second-order valence-electron chi connectivity index (χ2n) is 6.83. The molecule has 142 valence electrons. The van der Waals surface area contributed by atoms with E-state index in [2.05, 4.69) is 31.1 Å². The highest BCUT2D eigenvalue weighted by Crippen LogP contribution is 2.23. The largest absolute Gasteiger partial charge is 0.441 e. The molecule has 2 rings (SSSR count). The van der Waals surface area contributed by atoms with Gasteiger partial charge in [0.05, 0.1) is 11.4 Å². The van der Waals surface area contributed by atoms with Crippen LogP contribution in [0.5, 0.6) is 0 Å². The number of oxazole rings is 1. The molecule has 0 bridgehead atoms. The molecule has 1 heterocycles. The third kappa shape index (κ3) is 6.09. The van der Waals surface area contributed by atoms with Gasteiger partial charge in [-0.1, -0.05) is 32.9 Å². The van der Waals surface area contributed by atoms with E-state index < -0.39 is 10.8 Å². The van der Waals surface area contributed by atoms with E-state index in [4.69, 9.17) is 4.42 Å². The molecule has 2 aromatic rings. The Labute approximate surface area is 158 Å². The second kappa shape index (κ2) is 9.67. The van der Waals surface area contributed by atoms with Gasteiger partial charge in [-0.05, 0) is 43.4 Å². The summed E-state index contributed by atoms with van der Waals surface area (Å²) in [7, 11) is -1.31. The second-order valence-corrected chi connectivity index (χ2v) is 8.29. The fourth-order valence-electron chi connectivity index (χ4n) is 2.47. The summed E-state index contributed by atoms with van der Waals surface area (Å²) >= 11 is 0. The number of carbonyl (C=O) groups excluding carboxylic acids is 1. The van der Waals surface area contributed by atoms with Gasteiger partial charge in [0.25, 0.3) is 0 Å². The van der Waals surface area contributed by atoms with Crippen molar-refractivity contribution >= 4 is 16.7 Å². The normalized spacial score (nSPS) is 12.3. The molecule has 1 aromatic heterocycles. The van der Waals surface area contributed by atoms with Gasteiger partial charge in [-0.25, -0.2) is 4.98 Å². The first-order valence-electron chi connectivity index (χ1n) is 9.06. The van der Waals surface area contributed by atoms with Gasteiger partial charge in [0.2, 0.25) is 11.8 Å². The van der Waals surface area contributed by atoms with Crippen LogP contribution in [0.1, 0.15) is 44.2 Å². The minimum Gasteiger partial charge on any atom is -0.441 e. The maximum atomic E-state index is 12.3. The van der Waals surface area contributed by atoms with Gasteiger partial charge in [0, 0.05) is 22.9 Å². The Hall–Kier alpha value is -1.95. The number of aryl methyl sites for hydroxylation is 2. The van der Waals surface area contributed by atoms with Crippen molar-refractivity contribution in [2.24, 2.45) is 5.92 Å². The highest BCUT2D eigenvalue weighted by molar-refractivity contribution is 7.84. The zero-order valence-electron chi connectivity index (χ0n) is 16.0. The van der Waals surface area contributed by atoms with Gasteiger partial charge in [-0.3, -0.25) is 9.00 Å². The van der Waals surface area contributed by atoms with Crippen LogP contribution in [0.2, 0.25) is 0 Å². The SMILES string of the molecule is CCc1ccc(-c2nc(C[S@@](=O)CC(=O)NCCC(C)C)c(C)o2)cc1. The van der Waals surface area contributed by atoms with Crippen LogP contribution in [-0.4, -0.2) is 27.4 Å². The first kappa shape index (κ1) is 20.4. The first-order valence-corrected chi connectivity index (χ1v) is 10.5. The monoisotopic (exact) mass is 376 g/mol. The number of nitrogens with zero attached hydrogens (tertiary/aromatic N) is 1. The quantitative estimate of drug-likeness (QED) is 0.725. The molecule has 0 aliphatic carbocycles. The predicted octanol–water partition coefficient (Wildman–Crippen LogP) is 3.62. The van der Waals surface area contributed by atoms with Gasteiger partial charge < -0.3 is 9.73 Å². The average molecular weight is 377 g/mol. The lowest BCUT2D eigenvalue weighted by molar-refractivity contribution is -0.118. The summed E-state index contributed by atoms with van der Waals surface area (Å²) in [5.41, 5.74) is 2.79. The lowest BCUT2D eigenvalue weighted by atomic mass is 10.1. The minimum absolute atomic E-state index is 0.00900. The molecule has 0 aliphatic heterocycles. The Bertz CT molecular complexity index is 751. The van der Waals surface area contributed by atoms with Gasteiger partial charge in [-0.2, -0.15) is 0 Å². The first-order chi connectivity index (χ1) is 12.4. The van der Waals surface area contributed by atoms with E-state index in [1.807, 2.05) is 31.2 Å². The number of hydrogen-bond donors (Lipinski definition) is 1. The van der Waals surface area contributed by atoms with E-state index in [9.17, 15) is 9.00 Å². The minimum atomic E-state index is -1.31. The Kier molecular flexibility index (Phi) is 7.57. The number of amides is 1. The fourth-order valence-corrected chi connectivity index (χ4v) is 3.54. The Morgan fingerprint density at radius 2 is 1.96 bits per heavy atom. The Morgan fingerprint density at radius 3 is 2.58 bits per heavy atom. The van der Waals surface area contributed by atoms with Gasteiger partial charge in [0.15, 0.2) is 0 Å². The molecule has 0 radical (unpaired) electrons. The number of nitrogens with one attached hydrogen (secondary N) is 1. The Morgan fingerprint density at radius 1 is 1.27 bits per heavy atom. The van der Waals surface area contributed by atoms with Crippen molar-refractivity contribution in [1.29, 1.82) is 0 Å². The van der Waals surface area contributed by atoms with Crippen LogP contribution in [0.3, 0.4) is 0 Å². The molecule has 1 atom stereocenters. The third-order valence-electron chi connectivity index (χ3n) is 4.14. The summed E-state index contributed by atoms with van der Waals surface area (Å²) in [5, 5.41) is 2.81. The van der Waals surface area contributed by atoms with Crippen molar-refractivity contribution in [2.45, 2.75) is 46.3 Å². The lowest BCUT2D eigenvalue weighted by Crippen LogP contribution is -2.30. The van der Waals surface area contributed by atoms with Crippen molar-refractivity contribution in [2.75, 3.05) is 12.3 Å². The van der Waals surface area contributed by atoms with Crippen LogP contribution in [0.4, 0.5) is 0 Å². The van der Waals surface area contributed by atoms with Crippen LogP contribution < -0.4 is 5.32 Å². The van der Waals surface area contributed by atoms with E-state index >= 15 is 0 Å². The fraction of sp³-hybridized carbons (Fsp3) is 0.500. The predicted molar refractivity (Wildman–Crippen MR) is 105 cm³/mol. The number of aromatic nitrogens is 1. The molecule has 0 spiro atoms. The number of carbonyl (C=O) groups is 1. The zero-order chi connectivity index (χ0) is 19.1. The van der Waals surface area contributed by atoms with Crippen LogP contribution in [0.25, 0.3) is 11.5 Å². The molecular weight excluding hydrogens is 348 g/mol. The molecule has 1 aromatic carbocycles. The smallest absolute Gasteiger partial charge is 0.232 e. The topological polar surface area (TPSA) is 72.2 Å². The van der Waals surface area contributed by atoms with Gasteiger partial charge in [-0.15, -0.1) is 0 Å². The molecule has 1 amide bonds. The summed E-state index contributed by atoms with van der Waals surface area (Å²) in [6.07, 6.45) is 1.90.